The van der Waals surface area contributed by atoms with Gasteiger partial charge in [-0.05, 0) is 62.7 Å². The molecule has 0 atom stereocenters. The van der Waals surface area contributed by atoms with Crippen molar-refractivity contribution in [2.24, 2.45) is 34.7 Å². The molecule has 0 aliphatic heterocycles. The van der Waals surface area contributed by atoms with Gasteiger partial charge in [0.15, 0.2) is 0 Å². The van der Waals surface area contributed by atoms with Crippen LogP contribution in [0.4, 0.5) is 0 Å². The van der Waals surface area contributed by atoms with E-state index in [2.05, 4.69) is 88.1 Å². The van der Waals surface area contributed by atoms with E-state index in [0.717, 1.165) is 78.1 Å². The van der Waals surface area contributed by atoms with Crippen LogP contribution in [-0.2, 0) is 59.2 Å². The molecule has 396 valence electrons. The highest BCUT2D eigenvalue weighted by atomic mass is 16.7. The molecule has 0 aliphatic rings. The zero-order chi connectivity index (χ0) is 55.7. The monoisotopic (exact) mass is 1040 g/mol. The fourth-order valence-corrected chi connectivity index (χ4v) is 8.53. The van der Waals surface area contributed by atoms with Crippen LogP contribution in [0.1, 0.15) is 76.3 Å². The molecule has 0 fully saturated rings. The molecular weight excluding hydrogens is 985 g/mol. The molecule has 16 heteroatoms. The first kappa shape index (κ1) is 55.8. The Bertz CT molecular complexity index is 3860. The summed E-state index contributed by atoms with van der Waals surface area (Å²) in [6.07, 6.45) is 9.54. The molecule has 0 saturated carbocycles. The summed E-state index contributed by atoms with van der Waals surface area (Å²) in [7, 11) is 3.94. The summed E-state index contributed by atoms with van der Waals surface area (Å²) in [5.41, 5.74) is 12.6. The molecule has 78 heavy (non-hydrogen) atoms. The number of hydrogen-bond donors (Lipinski definition) is 0. The van der Waals surface area contributed by atoms with Crippen LogP contribution in [0.2, 0.25) is 0 Å². The SMILES string of the molecule is CC(=O)O/N=C(\C)c1cn(-c2ccccc2)c2ccccc12.CC(=O)O/N=C(\C)c1cn(C)c2ccccc12.CC(=O)O/N=C(\C)c1cn(Cc2ccccc2)c2ccccc12.CC(=O)O/N=C/c1cn(C)c2ccccc12. The Morgan fingerprint density at radius 1 is 0.410 bits per heavy atom. The third-order valence-corrected chi connectivity index (χ3v) is 12.0. The van der Waals surface area contributed by atoms with Crippen LogP contribution in [0.15, 0.2) is 203 Å². The highest BCUT2D eigenvalue weighted by molar-refractivity contribution is 6.11. The Balaban J connectivity index is 0.000000153. The largest absolute Gasteiger partial charge is 0.350 e. The molecule has 6 aromatic carbocycles. The maximum atomic E-state index is 11.0. The summed E-state index contributed by atoms with van der Waals surface area (Å²) < 4.78 is 8.33. The van der Waals surface area contributed by atoms with Gasteiger partial charge in [0.05, 0.1) is 28.9 Å². The van der Waals surface area contributed by atoms with Gasteiger partial charge < -0.3 is 37.6 Å². The van der Waals surface area contributed by atoms with Crippen molar-refractivity contribution in [3.05, 3.63) is 210 Å². The van der Waals surface area contributed by atoms with Gasteiger partial charge in [-0.3, -0.25) is 0 Å². The molecule has 0 unspecified atom stereocenters. The highest BCUT2D eigenvalue weighted by Gasteiger charge is 2.14. The van der Waals surface area contributed by atoms with Crippen molar-refractivity contribution in [3.8, 4) is 5.69 Å². The zero-order valence-corrected chi connectivity index (χ0v) is 44.9. The highest BCUT2D eigenvalue weighted by Crippen LogP contribution is 2.27. The molecule has 0 bridgehead atoms. The number of para-hydroxylation sites is 5. The van der Waals surface area contributed by atoms with Crippen LogP contribution in [0.5, 0.6) is 0 Å². The molecule has 0 saturated heterocycles. The zero-order valence-electron chi connectivity index (χ0n) is 44.9. The summed E-state index contributed by atoms with van der Waals surface area (Å²) in [6, 6.07) is 52.6. The van der Waals surface area contributed by atoms with E-state index in [4.69, 9.17) is 9.68 Å². The number of benzene rings is 6. The Kier molecular flexibility index (Phi) is 19.0. The topological polar surface area (TPSA) is 174 Å². The summed E-state index contributed by atoms with van der Waals surface area (Å²) in [4.78, 5) is 61.9. The van der Waals surface area contributed by atoms with Gasteiger partial charge in [-0.2, -0.15) is 0 Å². The van der Waals surface area contributed by atoms with E-state index in [9.17, 15) is 19.2 Å². The lowest BCUT2D eigenvalue weighted by Crippen LogP contribution is -2.00. The van der Waals surface area contributed by atoms with Gasteiger partial charge in [-0.15, -0.1) is 0 Å². The third-order valence-electron chi connectivity index (χ3n) is 12.0. The predicted octanol–water partition coefficient (Wildman–Crippen LogP) is 12.4. The van der Waals surface area contributed by atoms with Crippen molar-refractivity contribution in [2.45, 2.75) is 55.0 Å². The number of oxime groups is 4. The lowest BCUT2D eigenvalue weighted by atomic mass is 10.1. The maximum absolute atomic E-state index is 11.0. The number of carbonyl (C=O) groups excluding carboxylic acids is 4. The van der Waals surface area contributed by atoms with E-state index >= 15 is 0 Å². The average molecular weight is 1050 g/mol. The van der Waals surface area contributed by atoms with E-state index in [0.29, 0.717) is 17.1 Å². The summed E-state index contributed by atoms with van der Waals surface area (Å²) in [6.45, 7) is 11.6. The van der Waals surface area contributed by atoms with E-state index in [-0.39, 0.29) is 0 Å². The van der Waals surface area contributed by atoms with Gasteiger partial charge in [-0.25, -0.2) is 19.2 Å². The van der Waals surface area contributed by atoms with E-state index in [1.54, 1.807) is 6.21 Å². The van der Waals surface area contributed by atoms with Crippen molar-refractivity contribution >= 4 is 90.8 Å². The first-order chi connectivity index (χ1) is 37.6. The number of carbonyl (C=O) groups is 4. The van der Waals surface area contributed by atoms with Crippen molar-refractivity contribution in [2.75, 3.05) is 0 Å². The predicted molar refractivity (Wildman–Crippen MR) is 308 cm³/mol. The molecule has 0 radical (unpaired) electrons. The number of hydrogen-bond acceptors (Lipinski definition) is 12. The average Bonchev–Trinajstić information content (AvgIpc) is 4.22. The normalized spacial score (nSPS) is 11.6. The summed E-state index contributed by atoms with van der Waals surface area (Å²) in [5.74, 6) is -1.68. The second kappa shape index (κ2) is 26.5. The van der Waals surface area contributed by atoms with Gasteiger partial charge >= 0.3 is 23.9 Å². The van der Waals surface area contributed by atoms with Crippen molar-refractivity contribution in [1.82, 2.24) is 18.3 Å². The first-order valence-electron chi connectivity index (χ1n) is 24.8. The quantitative estimate of drug-likeness (QED) is 0.0699. The van der Waals surface area contributed by atoms with Crippen LogP contribution < -0.4 is 0 Å². The van der Waals surface area contributed by atoms with Crippen LogP contribution in [-0.4, -0.2) is 65.5 Å². The number of aryl methyl sites for hydroxylation is 2. The molecule has 4 heterocycles. The minimum absolute atomic E-state index is 0.412. The lowest BCUT2D eigenvalue weighted by molar-refractivity contribution is -0.141. The van der Waals surface area contributed by atoms with Crippen molar-refractivity contribution in [1.29, 1.82) is 0 Å². The molecular formula is C62H60N8O8. The minimum atomic E-state index is -0.425. The Morgan fingerprint density at radius 3 is 1.32 bits per heavy atom. The lowest BCUT2D eigenvalue weighted by Gasteiger charge is -2.05. The van der Waals surface area contributed by atoms with E-state index in [1.807, 2.05) is 178 Å². The van der Waals surface area contributed by atoms with Gasteiger partial charge in [0.25, 0.3) is 0 Å². The molecule has 16 nitrogen and oxygen atoms in total. The number of rotatable bonds is 11. The van der Waals surface area contributed by atoms with Gasteiger partial charge in [0.1, 0.15) is 0 Å². The summed E-state index contributed by atoms with van der Waals surface area (Å²) in [5, 5.41) is 19.6. The smallest absolute Gasteiger partial charge is 0.331 e. The Hall–Kier alpha value is -9.96. The van der Waals surface area contributed by atoms with Gasteiger partial charge in [0.2, 0.25) is 0 Å². The van der Waals surface area contributed by atoms with Crippen LogP contribution >= 0.6 is 0 Å². The second-order valence-electron chi connectivity index (χ2n) is 17.9. The molecule has 10 aromatic rings. The third kappa shape index (κ3) is 14.5. The van der Waals surface area contributed by atoms with E-state index in [1.165, 1.54) is 33.3 Å². The number of nitrogens with zero attached hydrogens (tertiary/aromatic N) is 8. The van der Waals surface area contributed by atoms with Crippen LogP contribution in [0, 0.1) is 0 Å². The van der Waals surface area contributed by atoms with Gasteiger partial charge in [0, 0.05) is 139 Å². The molecule has 0 aliphatic carbocycles. The van der Waals surface area contributed by atoms with Crippen molar-refractivity contribution < 1.29 is 38.5 Å². The molecule has 0 amide bonds. The summed E-state index contributed by atoms with van der Waals surface area (Å²) >= 11 is 0. The molecule has 4 aromatic heterocycles. The maximum Gasteiger partial charge on any atom is 0.331 e. The molecule has 10 rings (SSSR count). The Labute approximate surface area is 451 Å². The fraction of sp³-hybridized carbons (Fsp3) is 0.161. The van der Waals surface area contributed by atoms with Crippen LogP contribution in [0.25, 0.3) is 49.3 Å². The van der Waals surface area contributed by atoms with Crippen LogP contribution in [0.3, 0.4) is 0 Å². The van der Waals surface area contributed by atoms with Gasteiger partial charge in [-0.1, -0.05) is 142 Å². The number of aromatic nitrogens is 4. The fourth-order valence-electron chi connectivity index (χ4n) is 8.53. The number of fused-ring (bicyclic) bond motifs is 4. The standard InChI is InChI=1S/C19H18N2O2.C18H16N2O2.C13H14N2O2.C12H12N2O2/c1-14(20-23-15(2)22)18-13-21(12-16-8-4-3-5-9-16)19-11-7-6-10-17(18)19;1-13(19-22-14(2)21)17-12-20(15-8-4-3-5-9-15)18-11-7-6-10-16(17)18;1-9(14-17-10(2)16)12-8-15(3)13-7-5-4-6-11(12)13;1-9(15)16-13-7-10-8-14(2)12-6-4-3-5-11(10)12/h3-11,13H,12H2,1-2H3;3-12H,1-2H3;4-8H,1-3H3;3-8H,1-2H3/b20-14+;19-13+;14-9+;13-7+. The molecule has 0 spiro atoms. The van der Waals surface area contributed by atoms with Crippen molar-refractivity contribution in [3.63, 3.8) is 0 Å². The first-order valence-corrected chi connectivity index (χ1v) is 24.8. The second-order valence-corrected chi connectivity index (χ2v) is 17.9. The minimum Gasteiger partial charge on any atom is -0.350 e. The van der Waals surface area contributed by atoms with E-state index < -0.39 is 23.9 Å². The Morgan fingerprint density at radius 2 is 0.795 bits per heavy atom. The molecule has 0 N–H and O–H groups in total.